The summed E-state index contributed by atoms with van der Waals surface area (Å²) in [6, 6.07) is 5.11. The number of carbonyl (C=O) groups is 1. The van der Waals surface area contributed by atoms with Crippen molar-refractivity contribution in [3.05, 3.63) is 24.0 Å². The number of methoxy groups -OCH3 is 1. The molecular weight excluding hydrogens is 348 g/mol. The van der Waals surface area contributed by atoms with Crippen LogP contribution in [0.5, 0.6) is 11.5 Å². The molecule has 1 heterocycles. The number of nitrogens with zero attached hydrogens (tertiary/aromatic N) is 2. The Kier molecular flexibility index (Phi) is 5.86. The van der Waals surface area contributed by atoms with Crippen LogP contribution in [0.1, 0.15) is 31.5 Å². The number of benzene rings is 1. The number of aromatic nitrogens is 2. The van der Waals surface area contributed by atoms with Gasteiger partial charge in [0.2, 0.25) is 0 Å². The largest absolute Gasteiger partial charge is 0.493 e. The van der Waals surface area contributed by atoms with Gasteiger partial charge in [-0.15, -0.1) is 12.4 Å². The molecule has 0 aliphatic heterocycles. The number of hydrogen-bond acceptors (Lipinski definition) is 7. The van der Waals surface area contributed by atoms with Crippen LogP contribution in [0.25, 0.3) is 11.5 Å². The van der Waals surface area contributed by atoms with Crippen LogP contribution in [0.15, 0.2) is 22.7 Å². The number of amides is 1. The van der Waals surface area contributed by atoms with Crippen LogP contribution in [0, 0.1) is 0 Å². The summed E-state index contributed by atoms with van der Waals surface area (Å²) in [5.74, 6) is 1.18. The van der Waals surface area contributed by atoms with E-state index in [1.54, 1.807) is 18.2 Å². The molecule has 1 aromatic carbocycles. The van der Waals surface area contributed by atoms with Gasteiger partial charge in [-0.3, -0.25) is 4.79 Å². The Bertz CT molecular complexity index is 743. The van der Waals surface area contributed by atoms with Crippen molar-refractivity contribution >= 4 is 18.3 Å². The molecule has 0 spiro atoms. The predicted octanol–water partition coefficient (Wildman–Crippen LogP) is 1.76. The minimum absolute atomic E-state index is 0. The molecular formula is C16H21ClN4O4. The fourth-order valence-corrected chi connectivity index (χ4v) is 2.84. The van der Waals surface area contributed by atoms with E-state index in [1.807, 2.05) is 0 Å². The number of halogens is 1. The van der Waals surface area contributed by atoms with Crippen molar-refractivity contribution in [2.45, 2.75) is 31.2 Å². The monoisotopic (exact) mass is 368 g/mol. The zero-order valence-corrected chi connectivity index (χ0v) is 14.7. The molecule has 1 aliphatic carbocycles. The van der Waals surface area contributed by atoms with Gasteiger partial charge in [0.15, 0.2) is 23.9 Å². The second-order valence-electron chi connectivity index (χ2n) is 5.91. The van der Waals surface area contributed by atoms with Crippen molar-refractivity contribution in [3.8, 4) is 23.0 Å². The zero-order chi connectivity index (χ0) is 17.2. The van der Waals surface area contributed by atoms with E-state index in [0.717, 1.165) is 25.7 Å². The molecule has 3 rings (SSSR count). The Labute approximate surface area is 151 Å². The topological polar surface area (TPSA) is 126 Å². The summed E-state index contributed by atoms with van der Waals surface area (Å²) in [6.45, 7) is -0.226. The van der Waals surface area contributed by atoms with Crippen LogP contribution in [0.3, 0.4) is 0 Å². The first-order valence-electron chi connectivity index (χ1n) is 7.74. The summed E-state index contributed by atoms with van der Waals surface area (Å²) in [4.78, 5) is 15.3. The number of primary amides is 1. The normalized spacial score (nSPS) is 15.4. The second-order valence-corrected chi connectivity index (χ2v) is 5.91. The highest BCUT2D eigenvalue weighted by molar-refractivity contribution is 5.85. The van der Waals surface area contributed by atoms with E-state index in [0.29, 0.717) is 28.8 Å². The van der Waals surface area contributed by atoms with E-state index in [1.165, 1.54) is 7.11 Å². The first-order valence-corrected chi connectivity index (χ1v) is 7.74. The molecule has 0 saturated heterocycles. The lowest BCUT2D eigenvalue weighted by Crippen LogP contribution is -2.34. The predicted molar refractivity (Wildman–Crippen MR) is 92.6 cm³/mol. The Balaban J connectivity index is 0.00000225. The first kappa shape index (κ1) is 19.0. The Hall–Kier alpha value is -2.32. The van der Waals surface area contributed by atoms with Gasteiger partial charge in [-0.2, -0.15) is 4.98 Å². The molecule has 1 amide bonds. The molecule has 1 saturated carbocycles. The standard InChI is InChI=1S/C16H20N4O4.ClH/c1-22-12-8-10(4-5-11(12)23-9-13(17)21)14-19-15(20-24-14)16(18)6-2-3-7-16;/h4-5,8H,2-3,6-7,9,18H2,1H3,(H2,17,21);1H. The Morgan fingerprint density at radius 2 is 2.04 bits per heavy atom. The minimum Gasteiger partial charge on any atom is -0.493 e. The molecule has 1 aromatic heterocycles. The number of rotatable bonds is 6. The highest BCUT2D eigenvalue weighted by atomic mass is 35.5. The van der Waals surface area contributed by atoms with Crippen molar-refractivity contribution < 1.29 is 18.8 Å². The zero-order valence-electron chi connectivity index (χ0n) is 13.9. The van der Waals surface area contributed by atoms with Gasteiger partial charge in [0.05, 0.1) is 12.6 Å². The van der Waals surface area contributed by atoms with Crippen molar-refractivity contribution in [2.75, 3.05) is 13.7 Å². The van der Waals surface area contributed by atoms with Crippen LogP contribution in [-0.2, 0) is 10.3 Å². The van der Waals surface area contributed by atoms with E-state index in [-0.39, 0.29) is 19.0 Å². The summed E-state index contributed by atoms with van der Waals surface area (Å²) in [5.41, 5.74) is 11.6. The minimum atomic E-state index is -0.563. The number of hydrogen-bond donors (Lipinski definition) is 2. The summed E-state index contributed by atoms with van der Waals surface area (Å²) in [6.07, 6.45) is 3.85. The average molecular weight is 369 g/mol. The van der Waals surface area contributed by atoms with Crippen LogP contribution < -0.4 is 20.9 Å². The maximum absolute atomic E-state index is 10.8. The lowest BCUT2D eigenvalue weighted by molar-refractivity contribution is -0.119. The average Bonchev–Trinajstić information content (AvgIpc) is 3.22. The van der Waals surface area contributed by atoms with Gasteiger partial charge in [-0.1, -0.05) is 18.0 Å². The third-order valence-electron chi connectivity index (χ3n) is 4.15. The van der Waals surface area contributed by atoms with E-state index in [4.69, 9.17) is 25.5 Å². The Morgan fingerprint density at radius 1 is 1.32 bits per heavy atom. The SMILES string of the molecule is COc1cc(-c2nc(C3(N)CCCC3)no2)ccc1OCC(N)=O.Cl. The summed E-state index contributed by atoms with van der Waals surface area (Å²) in [7, 11) is 1.50. The van der Waals surface area contributed by atoms with Gasteiger partial charge in [0.1, 0.15) is 0 Å². The Morgan fingerprint density at radius 3 is 2.68 bits per heavy atom. The van der Waals surface area contributed by atoms with Crippen LogP contribution in [0.2, 0.25) is 0 Å². The highest BCUT2D eigenvalue weighted by Crippen LogP contribution is 2.36. The third-order valence-corrected chi connectivity index (χ3v) is 4.15. The molecule has 136 valence electrons. The fourth-order valence-electron chi connectivity index (χ4n) is 2.84. The lowest BCUT2D eigenvalue weighted by Gasteiger charge is -2.17. The van der Waals surface area contributed by atoms with Gasteiger partial charge in [-0.05, 0) is 31.0 Å². The van der Waals surface area contributed by atoms with Crippen molar-refractivity contribution in [1.29, 1.82) is 0 Å². The molecule has 0 radical (unpaired) electrons. The van der Waals surface area contributed by atoms with Gasteiger partial charge < -0.3 is 25.5 Å². The van der Waals surface area contributed by atoms with E-state index in [2.05, 4.69) is 10.1 Å². The fraction of sp³-hybridized carbons (Fsp3) is 0.438. The molecule has 1 fully saturated rings. The smallest absolute Gasteiger partial charge is 0.258 e. The number of nitrogens with two attached hydrogens (primary N) is 2. The molecule has 9 heteroatoms. The first-order chi connectivity index (χ1) is 11.5. The second kappa shape index (κ2) is 7.71. The van der Waals surface area contributed by atoms with Gasteiger partial charge in [-0.25, -0.2) is 0 Å². The van der Waals surface area contributed by atoms with Crippen molar-refractivity contribution in [1.82, 2.24) is 10.1 Å². The quantitative estimate of drug-likeness (QED) is 0.795. The van der Waals surface area contributed by atoms with E-state index >= 15 is 0 Å². The van der Waals surface area contributed by atoms with Crippen molar-refractivity contribution in [2.24, 2.45) is 11.5 Å². The number of carbonyl (C=O) groups excluding carboxylic acids is 1. The van der Waals surface area contributed by atoms with Crippen LogP contribution in [0.4, 0.5) is 0 Å². The molecule has 4 N–H and O–H groups in total. The van der Waals surface area contributed by atoms with Crippen LogP contribution >= 0.6 is 12.4 Å². The third kappa shape index (κ3) is 4.02. The lowest BCUT2D eigenvalue weighted by atomic mass is 9.99. The maximum atomic E-state index is 10.8. The molecule has 2 aromatic rings. The molecule has 8 nitrogen and oxygen atoms in total. The van der Waals surface area contributed by atoms with Gasteiger partial charge in [0.25, 0.3) is 11.8 Å². The molecule has 0 unspecified atom stereocenters. The van der Waals surface area contributed by atoms with Crippen molar-refractivity contribution in [3.63, 3.8) is 0 Å². The van der Waals surface area contributed by atoms with E-state index in [9.17, 15) is 4.79 Å². The molecule has 25 heavy (non-hydrogen) atoms. The highest BCUT2D eigenvalue weighted by Gasteiger charge is 2.36. The summed E-state index contributed by atoms with van der Waals surface area (Å²) in [5, 5.41) is 4.04. The molecule has 0 atom stereocenters. The van der Waals surface area contributed by atoms with Crippen LogP contribution in [-0.4, -0.2) is 29.8 Å². The molecule has 1 aliphatic rings. The summed E-state index contributed by atoms with van der Waals surface area (Å²) >= 11 is 0. The van der Waals surface area contributed by atoms with Gasteiger partial charge in [0, 0.05) is 5.56 Å². The molecule has 0 bridgehead atoms. The maximum Gasteiger partial charge on any atom is 0.258 e. The van der Waals surface area contributed by atoms with E-state index < -0.39 is 11.4 Å². The summed E-state index contributed by atoms with van der Waals surface area (Å²) < 4.78 is 15.9. The van der Waals surface area contributed by atoms with Gasteiger partial charge >= 0.3 is 0 Å². The number of ether oxygens (including phenoxy) is 2.